The number of likely N-dealkylation sites (tertiary alicyclic amines) is 2. The molecule has 0 saturated carbocycles. The quantitative estimate of drug-likeness (QED) is 0.629. The van der Waals surface area contributed by atoms with Crippen LogP contribution in [0.15, 0.2) is 54.6 Å². The van der Waals surface area contributed by atoms with E-state index in [0.29, 0.717) is 37.1 Å². The predicted molar refractivity (Wildman–Crippen MR) is 120 cm³/mol. The first kappa shape index (κ1) is 22.0. The van der Waals surface area contributed by atoms with Gasteiger partial charge in [0.15, 0.2) is 0 Å². The topological polar surface area (TPSA) is 32.8 Å². The molecule has 1 unspecified atom stereocenters. The SMILES string of the molecule is O=C(CCc1ccccc1F)N1CCC(N2CCCC2COCc2ccccc2)CC1. The molecule has 0 spiro atoms. The number of hydrogen-bond donors (Lipinski definition) is 0. The number of rotatable bonds is 8. The highest BCUT2D eigenvalue weighted by molar-refractivity contribution is 5.76. The largest absolute Gasteiger partial charge is 0.375 e. The van der Waals surface area contributed by atoms with Crippen LogP contribution in [0.3, 0.4) is 0 Å². The van der Waals surface area contributed by atoms with E-state index in [0.717, 1.165) is 39.1 Å². The van der Waals surface area contributed by atoms with E-state index < -0.39 is 0 Å². The van der Waals surface area contributed by atoms with Crippen molar-refractivity contribution in [2.24, 2.45) is 0 Å². The number of piperidine rings is 1. The maximum absolute atomic E-state index is 13.8. The molecule has 2 aromatic rings. The van der Waals surface area contributed by atoms with Gasteiger partial charge < -0.3 is 9.64 Å². The Morgan fingerprint density at radius 2 is 1.71 bits per heavy atom. The Bertz CT molecular complexity index is 836. The van der Waals surface area contributed by atoms with Gasteiger partial charge in [-0.2, -0.15) is 0 Å². The molecular formula is C26H33FN2O2. The van der Waals surface area contributed by atoms with Crippen molar-refractivity contribution in [2.75, 3.05) is 26.2 Å². The normalized spacial score (nSPS) is 20.3. The Labute approximate surface area is 185 Å². The molecule has 2 saturated heterocycles. The minimum Gasteiger partial charge on any atom is -0.375 e. The van der Waals surface area contributed by atoms with Crippen molar-refractivity contribution in [1.82, 2.24) is 9.80 Å². The van der Waals surface area contributed by atoms with Gasteiger partial charge >= 0.3 is 0 Å². The molecule has 5 heteroatoms. The molecule has 2 aliphatic rings. The highest BCUT2D eigenvalue weighted by Crippen LogP contribution is 2.27. The molecule has 0 aliphatic carbocycles. The lowest BCUT2D eigenvalue weighted by Crippen LogP contribution is -2.49. The average Bonchev–Trinajstić information content (AvgIpc) is 3.28. The van der Waals surface area contributed by atoms with Gasteiger partial charge in [0.2, 0.25) is 5.91 Å². The molecule has 2 aliphatic heterocycles. The summed E-state index contributed by atoms with van der Waals surface area (Å²) in [4.78, 5) is 17.2. The third-order valence-corrected chi connectivity index (χ3v) is 6.70. The van der Waals surface area contributed by atoms with E-state index in [-0.39, 0.29) is 11.7 Å². The lowest BCUT2D eigenvalue weighted by Gasteiger charge is -2.39. The van der Waals surface area contributed by atoms with Crippen molar-refractivity contribution in [3.63, 3.8) is 0 Å². The number of amides is 1. The molecular weight excluding hydrogens is 391 g/mol. The molecule has 0 radical (unpaired) electrons. The zero-order valence-electron chi connectivity index (χ0n) is 18.2. The number of benzene rings is 2. The van der Waals surface area contributed by atoms with Crippen LogP contribution in [-0.4, -0.2) is 54.0 Å². The average molecular weight is 425 g/mol. The van der Waals surface area contributed by atoms with Crippen LogP contribution in [-0.2, 0) is 22.6 Å². The monoisotopic (exact) mass is 424 g/mol. The first-order chi connectivity index (χ1) is 15.2. The second-order valence-corrected chi connectivity index (χ2v) is 8.74. The maximum atomic E-state index is 13.8. The van der Waals surface area contributed by atoms with Crippen molar-refractivity contribution in [1.29, 1.82) is 0 Å². The van der Waals surface area contributed by atoms with Crippen LogP contribution in [0.2, 0.25) is 0 Å². The maximum Gasteiger partial charge on any atom is 0.222 e. The third-order valence-electron chi connectivity index (χ3n) is 6.70. The third kappa shape index (κ3) is 5.92. The highest BCUT2D eigenvalue weighted by Gasteiger charge is 2.33. The summed E-state index contributed by atoms with van der Waals surface area (Å²) in [5.74, 6) is -0.0746. The van der Waals surface area contributed by atoms with E-state index in [1.54, 1.807) is 12.1 Å². The Balaban J connectivity index is 1.20. The fourth-order valence-corrected chi connectivity index (χ4v) is 4.95. The molecule has 0 bridgehead atoms. The summed E-state index contributed by atoms with van der Waals surface area (Å²) in [5, 5.41) is 0. The van der Waals surface area contributed by atoms with Gasteiger partial charge in [-0.15, -0.1) is 0 Å². The number of carbonyl (C=O) groups excluding carboxylic acids is 1. The van der Waals surface area contributed by atoms with E-state index in [4.69, 9.17) is 4.74 Å². The fourth-order valence-electron chi connectivity index (χ4n) is 4.95. The van der Waals surface area contributed by atoms with Crippen molar-refractivity contribution in [3.05, 3.63) is 71.5 Å². The molecule has 1 amide bonds. The Hall–Kier alpha value is -2.24. The lowest BCUT2D eigenvalue weighted by atomic mass is 10.0. The minimum absolute atomic E-state index is 0.144. The number of hydrogen-bond acceptors (Lipinski definition) is 3. The van der Waals surface area contributed by atoms with Crippen LogP contribution >= 0.6 is 0 Å². The second kappa shape index (κ2) is 10.9. The van der Waals surface area contributed by atoms with E-state index in [2.05, 4.69) is 17.0 Å². The Morgan fingerprint density at radius 1 is 0.968 bits per heavy atom. The van der Waals surface area contributed by atoms with E-state index in [9.17, 15) is 9.18 Å². The van der Waals surface area contributed by atoms with Crippen LogP contribution in [0.1, 0.15) is 43.2 Å². The molecule has 166 valence electrons. The van der Waals surface area contributed by atoms with Crippen LogP contribution in [0.5, 0.6) is 0 Å². The molecule has 0 N–H and O–H groups in total. The molecule has 2 heterocycles. The molecule has 2 fully saturated rings. The van der Waals surface area contributed by atoms with Crippen LogP contribution in [0.4, 0.5) is 4.39 Å². The first-order valence-electron chi connectivity index (χ1n) is 11.6. The number of nitrogens with zero attached hydrogens (tertiary/aromatic N) is 2. The molecule has 1 atom stereocenters. The van der Waals surface area contributed by atoms with E-state index in [1.165, 1.54) is 24.5 Å². The minimum atomic E-state index is -0.219. The van der Waals surface area contributed by atoms with Gasteiger partial charge in [-0.3, -0.25) is 9.69 Å². The summed E-state index contributed by atoms with van der Waals surface area (Å²) in [6, 6.07) is 18.1. The molecule has 31 heavy (non-hydrogen) atoms. The zero-order valence-corrected chi connectivity index (χ0v) is 18.2. The Kier molecular flexibility index (Phi) is 7.71. The predicted octanol–water partition coefficient (Wildman–Crippen LogP) is 4.43. The number of aryl methyl sites for hydroxylation is 1. The second-order valence-electron chi connectivity index (χ2n) is 8.74. The lowest BCUT2D eigenvalue weighted by molar-refractivity contribution is -0.132. The summed E-state index contributed by atoms with van der Waals surface area (Å²) in [6.07, 6.45) is 5.29. The van der Waals surface area contributed by atoms with Crippen LogP contribution < -0.4 is 0 Å². The number of carbonyl (C=O) groups is 1. The van der Waals surface area contributed by atoms with Crippen LogP contribution in [0.25, 0.3) is 0 Å². The molecule has 2 aromatic carbocycles. The Morgan fingerprint density at radius 3 is 2.48 bits per heavy atom. The van der Waals surface area contributed by atoms with Gasteiger partial charge in [-0.25, -0.2) is 4.39 Å². The van der Waals surface area contributed by atoms with Crippen molar-refractivity contribution >= 4 is 5.91 Å². The van der Waals surface area contributed by atoms with Gasteiger partial charge in [-0.1, -0.05) is 48.5 Å². The van der Waals surface area contributed by atoms with Gasteiger partial charge in [0.25, 0.3) is 0 Å². The van der Waals surface area contributed by atoms with Gasteiger partial charge in [0.05, 0.1) is 13.2 Å². The van der Waals surface area contributed by atoms with E-state index >= 15 is 0 Å². The standard InChI is InChI=1S/C26H33FN2O2/c27-25-11-5-4-9-22(25)12-13-26(30)28-17-14-23(15-18-28)29-16-6-10-24(29)20-31-19-21-7-2-1-3-8-21/h1-5,7-9,11,23-24H,6,10,12-20H2. The number of halogens is 1. The fraction of sp³-hybridized carbons (Fsp3) is 0.500. The van der Waals surface area contributed by atoms with Crippen molar-refractivity contribution in [2.45, 2.75) is 57.2 Å². The summed E-state index contributed by atoms with van der Waals surface area (Å²) >= 11 is 0. The summed E-state index contributed by atoms with van der Waals surface area (Å²) in [7, 11) is 0. The summed E-state index contributed by atoms with van der Waals surface area (Å²) in [6.45, 7) is 4.17. The van der Waals surface area contributed by atoms with Crippen LogP contribution in [0, 0.1) is 5.82 Å². The molecule has 4 nitrogen and oxygen atoms in total. The molecule has 4 rings (SSSR count). The first-order valence-corrected chi connectivity index (χ1v) is 11.6. The highest BCUT2D eigenvalue weighted by atomic mass is 19.1. The van der Waals surface area contributed by atoms with Gasteiger partial charge in [0.1, 0.15) is 5.82 Å². The summed E-state index contributed by atoms with van der Waals surface area (Å²) in [5.41, 5.74) is 1.84. The van der Waals surface area contributed by atoms with Crippen molar-refractivity contribution in [3.8, 4) is 0 Å². The molecule has 0 aromatic heterocycles. The van der Waals surface area contributed by atoms with Crippen molar-refractivity contribution < 1.29 is 13.9 Å². The smallest absolute Gasteiger partial charge is 0.222 e. The number of ether oxygens (including phenoxy) is 1. The van der Waals surface area contributed by atoms with Gasteiger partial charge in [0, 0.05) is 31.6 Å². The summed E-state index contributed by atoms with van der Waals surface area (Å²) < 4.78 is 19.8. The van der Waals surface area contributed by atoms with Gasteiger partial charge in [-0.05, 0) is 55.8 Å². The zero-order chi connectivity index (χ0) is 21.5. The van der Waals surface area contributed by atoms with E-state index in [1.807, 2.05) is 29.2 Å².